The minimum Gasteiger partial charge on any atom is -0.490 e. The van der Waals surface area contributed by atoms with Crippen LogP contribution in [-0.4, -0.2) is 42.1 Å². The molecule has 0 saturated heterocycles. The van der Waals surface area contributed by atoms with Gasteiger partial charge in [0.2, 0.25) is 0 Å². The zero-order valence-electron chi connectivity index (χ0n) is 18.5. The van der Waals surface area contributed by atoms with E-state index in [2.05, 4.69) is 10.6 Å². The minimum atomic E-state index is -0.733. The predicted octanol–water partition coefficient (Wildman–Crippen LogP) is 3.49. The molecule has 0 unspecified atom stereocenters. The summed E-state index contributed by atoms with van der Waals surface area (Å²) in [5.41, 5.74) is 3.17. The summed E-state index contributed by atoms with van der Waals surface area (Å²) in [6.07, 6.45) is 2.69. The number of rotatable bonds is 8. The van der Waals surface area contributed by atoms with E-state index in [-0.39, 0.29) is 23.8 Å². The lowest BCUT2D eigenvalue weighted by Crippen LogP contribution is -2.34. The van der Waals surface area contributed by atoms with Gasteiger partial charge in [-0.2, -0.15) is 0 Å². The summed E-state index contributed by atoms with van der Waals surface area (Å²) in [6.45, 7) is 4.53. The molecular formula is C25H30N2O5. The van der Waals surface area contributed by atoms with Gasteiger partial charge in [-0.25, -0.2) is 0 Å². The highest BCUT2D eigenvalue weighted by Gasteiger charge is 2.26. The number of nitrogens with one attached hydrogen (secondary N) is 2. The number of hydrogen-bond acceptors (Lipinski definition) is 4. The van der Waals surface area contributed by atoms with Crippen molar-refractivity contribution >= 4 is 17.8 Å². The molecule has 0 heterocycles. The highest BCUT2D eigenvalue weighted by molar-refractivity contribution is 5.96. The van der Waals surface area contributed by atoms with Crippen LogP contribution in [0, 0.1) is 19.8 Å². The molecule has 3 N–H and O–H groups in total. The maximum atomic E-state index is 12.3. The summed E-state index contributed by atoms with van der Waals surface area (Å²) in [7, 11) is 0. The van der Waals surface area contributed by atoms with E-state index in [1.54, 1.807) is 30.3 Å². The Balaban J connectivity index is 1.40. The first-order valence-electron chi connectivity index (χ1n) is 11.0. The third-order valence-electron chi connectivity index (χ3n) is 5.77. The molecule has 0 bridgehead atoms. The Morgan fingerprint density at radius 3 is 2.12 bits per heavy atom. The maximum Gasteiger partial charge on any atom is 0.306 e. The predicted molar refractivity (Wildman–Crippen MR) is 121 cm³/mol. The second-order valence-corrected chi connectivity index (χ2v) is 8.28. The summed E-state index contributed by atoms with van der Waals surface area (Å²) >= 11 is 0. The topological polar surface area (TPSA) is 105 Å². The van der Waals surface area contributed by atoms with Gasteiger partial charge in [-0.3, -0.25) is 14.4 Å². The fourth-order valence-corrected chi connectivity index (χ4v) is 3.92. The molecule has 2 aromatic carbocycles. The normalized spacial score (nSPS) is 17.9. The standard InChI is InChI=1S/C25H30N2O5/c1-16-3-12-22(17(2)15-16)24(29)27-14-13-26-23(28)18-4-8-20(9-5-18)32-21-10-6-19(7-11-21)25(30)31/h3-5,8-9,12,15,19,21H,6-7,10-11,13-14H2,1-2H3,(H,26,28)(H,27,29)(H,30,31). The van der Waals surface area contributed by atoms with Crippen molar-refractivity contribution < 1.29 is 24.2 Å². The molecule has 1 fully saturated rings. The van der Waals surface area contributed by atoms with Crippen LogP contribution in [0.3, 0.4) is 0 Å². The van der Waals surface area contributed by atoms with Gasteiger partial charge in [-0.15, -0.1) is 0 Å². The van der Waals surface area contributed by atoms with Crippen molar-refractivity contribution in [1.82, 2.24) is 10.6 Å². The van der Waals surface area contributed by atoms with Crippen molar-refractivity contribution in [2.24, 2.45) is 5.92 Å². The first-order valence-corrected chi connectivity index (χ1v) is 11.0. The van der Waals surface area contributed by atoms with Crippen molar-refractivity contribution in [1.29, 1.82) is 0 Å². The number of carbonyl (C=O) groups is 3. The fraction of sp³-hybridized carbons (Fsp3) is 0.400. The highest BCUT2D eigenvalue weighted by Crippen LogP contribution is 2.28. The zero-order chi connectivity index (χ0) is 23.1. The molecular weight excluding hydrogens is 408 g/mol. The molecule has 2 aromatic rings. The van der Waals surface area contributed by atoms with E-state index in [1.807, 2.05) is 26.0 Å². The third kappa shape index (κ3) is 6.33. The van der Waals surface area contributed by atoms with E-state index in [0.717, 1.165) is 11.1 Å². The van der Waals surface area contributed by atoms with Crippen LogP contribution in [-0.2, 0) is 4.79 Å². The Morgan fingerprint density at radius 2 is 1.53 bits per heavy atom. The second-order valence-electron chi connectivity index (χ2n) is 8.28. The van der Waals surface area contributed by atoms with Crippen molar-refractivity contribution in [3.8, 4) is 5.75 Å². The van der Waals surface area contributed by atoms with Crippen LogP contribution >= 0.6 is 0 Å². The lowest BCUT2D eigenvalue weighted by molar-refractivity contribution is -0.143. The van der Waals surface area contributed by atoms with Gasteiger partial charge in [0.1, 0.15) is 5.75 Å². The number of aryl methyl sites for hydroxylation is 2. The van der Waals surface area contributed by atoms with E-state index in [1.165, 1.54) is 0 Å². The van der Waals surface area contributed by atoms with Crippen LogP contribution < -0.4 is 15.4 Å². The van der Waals surface area contributed by atoms with Crippen molar-refractivity contribution in [3.63, 3.8) is 0 Å². The van der Waals surface area contributed by atoms with Gasteiger partial charge >= 0.3 is 5.97 Å². The lowest BCUT2D eigenvalue weighted by Gasteiger charge is -2.26. The average molecular weight is 439 g/mol. The third-order valence-corrected chi connectivity index (χ3v) is 5.77. The molecule has 1 aliphatic carbocycles. The maximum absolute atomic E-state index is 12.3. The number of carbonyl (C=O) groups excluding carboxylic acids is 2. The molecule has 0 atom stereocenters. The van der Waals surface area contributed by atoms with Crippen LogP contribution in [0.1, 0.15) is 57.5 Å². The number of hydrogen-bond donors (Lipinski definition) is 3. The molecule has 2 amide bonds. The molecule has 32 heavy (non-hydrogen) atoms. The van der Waals surface area contributed by atoms with E-state index >= 15 is 0 Å². The smallest absolute Gasteiger partial charge is 0.306 e. The molecule has 0 aromatic heterocycles. The Hall–Kier alpha value is -3.35. The van der Waals surface area contributed by atoms with Crippen LogP contribution in [0.4, 0.5) is 0 Å². The quantitative estimate of drug-likeness (QED) is 0.547. The first-order chi connectivity index (χ1) is 15.3. The van der Waals surface area contributed by atoms with Crippen LogP contribution in [0.15, 0.2) is 42.5 Å². The van der Waals surface area contributed by atoms with Gasteiger partial charge in [0.25, 0.3) is 11.8 Å². The van der Waals surface area contributed by atoms with Gasteiger partial charge in [0.05, 0.1) is 12.0 Å². The SMILES string of the molecule is Cc1ccc(C(=O)NCCNC(=O)c2ccc(OC3CCC(C(=O)O)CC3)cc2)c(C)c1. The van der Waals surface area contributed by atoms with Gasteiger partial charge in [-0.05, 0) is 75.4 Å². The Bertz CT molecular complexity index is 963. The molecule has 3 rings (SSSR count). The number of benzene rings is 2. The van der Waals surface area contributed by atoms with E-state index in [9.17, 15) is 14.4 Å². The summed E-state index contributed by atoms with van der Waals surface area (Å²) in [6, 6.07) is 12.6. The Labute approximate surface area is 188 Å². The van der Waals surface area contributed by atoms with Gasteiger partial charge in [-0.1, -0.05) is 17.7 Å². The summed E-state index contributed by atoms with van der Waals surface area (Å²) in [4.78, 5) is 35.6. The van der Waals surface area contributed by atoms with Gasteiger partial charge in [0, 0.05) is 24.2 Å². The van der Waals surface area contributed by atoms with E-state index in [4.69, 9.17) is 9.84 Å². The van der Waals surface area contributed by atoms with Crippen LogP contribution in [0.2, 0.25) is 0 Å². The number of carboxylic acids is 1. The monoisotopic (exact) mass is 438 g/mol. The van der Waals surface area contributed by atoms with Crippen LogP contribution in [0.5, 0.6) is 5.75 Å². The molecule has 0 spiro atoms. The Morgan fingerprint density at radius 1 is 0.906 bits per heavy atom. The molecule has 1 aliphatic rings. The van der Waals surface area contributed by atoms with Crippen molar-refractivity contribution in [2.75, 3.05) is 13.1 Å². The first kappa shape index (κ1) is 23.3. The highest BCUT2D eigenvalue weighted by atomic mass is 16.5. The fourth-order valence-electron chi connectivity index (χ4n) is 3.92. The Kier molecular flexibility index (Phi) is 7.87. The van der Waals surface area contributed by atoms with E-state index < -0.39 is 5.97 Å². The molecule has 7 nitrogen and oxygen atoms in total. The number of carboxylic acid groups (broad SMARTS) is 1. The van der Waals surface area contributed by atoms with E-state index in [0.29, 0.717) is 55.6 Å². The molecule has 1 saturated carbocycles. The molecule has 170 valence electrons. The van der Waals surface area contributed by atoms with Gasteiger partial charge in [0.15, 0.2) is 0 Å². The summed E-state index contributed by atoms with van der Waals surface area (Å²) in [5.74, 6) is -0.716. The summed E-state index contributed by atoms with van der Waals surface area (Å²) < 4.78 is 5.93. The number of aliphatic carboxylic acids is 1. The number of ether oxygens (including phenoxy) is 1. The zero-order valence-corrected chi connectivity index (χ0v) is 18.5. The van der Waals surface area contributed by atoms with Crippen molar-refractivity contribution in [2.45, 2.75) is 45.6 Å². The average Bonchev–Trinajstić information content (AvgIpc) is 2.77. The minimum absolute atomic E-state index is 0.00561. The van der Waals surface area contributed by atoms with Crippen molar-refractivity contribution in [3.05, 3.63) is 64.7 Å². The molecule has 0 radical (unpaired) electrons. The number of amides is 2. The lowest BCUT2D eigenvalue weighted by atomic mass is 9.87. The second kappa shape index (κ2) is 10.8. The molecule has 0 aliphatic heterocycles. The summed E-state index contributed by atoms with van der Waals surface area (Å²) in [5, 5.41) is 14.7. The largest absolute Gasteiger partial charge is 0.490 e. The van der Waals surface area contributed by atoms with Crippen LogP contribution in [0.25, 0.3) is 0 Å². The van der Waals surface area contributed by atoms with Gasteiger partial charge < -0.3 is 20.5 Å². The molecule has 7 heteroatoms.